The minimum absolute atomic E-state index is 0.238. The zero-order valence-corrected chi connectivity index (χ0v) is 14.0. The lowest BCUT2D eigenvalue weighted by molar-refractivity contribution is 0.315. The summed E-state index contributed by atoms with van der Waals surface area (Å²) < 4.78 is 2.71. The fourth-order valence-electron chi connectivity index (χ4n) is 3.43. The normalized spacial score (nSPS) is 18.5. The second kappa shape index (κ2) is 6.16. The molecule has 1 aromatic carbocycles. The molecular weight excluding hydrogens is 290 g/mol. The first-order chi connectivity index (χ1) is 11.0. The molecule has 2 aromatic rings. The van der Waals surface area contributed by atoms with Crippen LogP contribution >= 0.6 is 0 Å². The van der Waals surface area contributed by atoms with Crippen molar-refractivity contribution in [3.8, 4) is 0 Å². The van der Waals surface area contributed by atoms with E-state index in [2.05, 4.69) is 36.1 Å². The number of benzene rings is 1. The van der Waals surface area contributed by atoms with Crippen LogP contribution in [0.2, 0.25) is 0 Å². The summed E-state index contributed by atoms with van der Waals surface area (Å²) in [6.45, 7) is 4.75. The molecule has 1 fully saturated rings. The molecule has 1 aromatic heterocycles. The van der Waals surface area contributed by atoms with E-state index in [0.717, 1.165) is 29.8 Å². The lowest BCUT2D eigenvalue weighted by atomic mass is 9.94. The molecule has 0 saturated carbocycles. The van der Waals surface area contributed by atoms with Crippen molar-refractivity contribution in [1.82, 2.24) is 14.0 Å². The van der Waals surface area contributed by atoms with Crippen molar-refractivity contribution in [2.24, 2.45) is 14.1 Å². The third-order valence-corrected chi connectivity index (χ3v) is 4.91. The Morgan fingerprint density at radius 2 is 1.87 bits per heavy atom. The van der Waals surface area contributed by atoms with Gasteiger partial charge in [0.05, 0.1) is 0 Å². The van der Waals surface area contributed by atoms with Gasteiger partial charge < -0.3 is 0 Å². The monoisotopic (exact) mass is 313 g/mol. The zero-order chi connectivity index (χ0) is 16.6. The summed E-state index contributed by atoms with van der Waals surface area (Å²) in [6.07, 6.45) is 1.11. The van der Waals surface area contributed by atoms with Gasteiger partial charge in [-0.05, 0) is 36.9 Å². The van der Waals surface area contributed by atoms with E-state index < -0.39 is 0 Å². The fourth-order valence-corrected chi connectivity index (χ4v) is 3.43. The van der Waals surface area contributed by atoms with Crippen molar-refractivity contribution in [3.63, 3.8) is 0 Å². The molecule has 0 unspecified atom stereocenters. The van der Waals surface area contributed by atoms with E-state index in [1.807, 2.05) is 0 Å². The molecule has 1 atom stereocenters. The SMILES string of the molecule is Cc1ccccc1[C@H]1CCN(Cc2cc(=O)n(C)c(=O)n2C)C1. The molecule has 122 valence electrons. The molecule has 0 aliphatic carbocycles. The Bertz CT molecular complexity index is 835. The van der Waals surface area contributed by atoms with Gasteiger partial charge in [0.2, 0.25) is 0 Å². The van der Waals surface area contributed by atoms with Crippen LogP contribution in [0.15, 0.2) is 39.9 Å². The Morgan fingerprint density at radius 3 is 2.61 bits per heavy atom. The van der Waals surface area contributed by atoms with Crippen molar-refractivity contribution in [2.75, 3.05) is 13.1 Å². The van der Waals surface area contributed by atoms with Crippen LogP contribution in [0.4, 0.5) is 0 Å². The molecule has 5 nitrogen and oxygen atoms in total. The van der Waals surface area contributed by atoms with E-state index in [9.17, 15) is 9.59 Å². The number of aryl methyl sites for hydroxylation is 1. The molecule has 1 saturated heterocycles. The van der Waals surface area contributed by atoms with Gasteiger partial charge >= 0.3 is 5.69 Å². The van der Waals surface area contributed by atoms with Gasteiger partial charge in [0, 0.05) is 38.9 Å². The summed E-state index contributed by atoms with van der Waals surface area (Å²) in [5.74, 6) is 0.528. The first-order valence-electron chi connectivity index (χ1n) is 8.01. The average molecular weight is 313 g/mol. The van der Waals surface area contributed by atoms with E-state index in [4.69, 9.17) is 0 Å². The Labute approximate surface area is 135 Å². The Kier molecular flexibility index (Phi) is 4.22. The summed E-state index contributed by atoms with van der Waals surface area (Å²) in [7, 11) is 3.24. The summed E-state index contributed by atoms with van der Waals surface area (Å²) in [4.78, 5) is 26.2. The molecule has 3 rings (SSSR count). The molecule has 23 heavy (non-hydrogen) atoms. The van der Waals surface area contributed by atoms with Crippen LogP contribution in [0.3, 0.4) is 0 Å². The zero-order valence-electron chi connectivity index (χ0n) is 14.0. The lowest BCUT2D eigenvalue weighted by Crippen LogP contribution is -2.39. The predicted octanol–water partition coefficient (Wildman–Crippen LogP) is 1.38. The second-order valence-electron chi connectivity index (χ2n) is 6.45. The van der Waals surface area contributed by atoms with Crippen molar-refractivity contribution in [3.05, 3.63) is 68.0 Å². The molecule has 1 aliphatic rings. The molecule has 0 N–H and O–H groups in total. The highest BCUT2D eigenvalue weighted by Gasteiger charge is 2.25. The van der Waals surface area contributed by atoms with Gasteiger partial charge in [-0.15, -0.1) is 0 Å². The van der Waals surface area contributed by atoms with Gasteiger partial charge in [-0.3, -0.25) is 18.8 Å². The van der Waals surface area contributed by atoms with E-state index in [1.165, 1.54) is 18.2 Å². The maximum atomic E-state index is 12.0. The van der Waals surface area contributed by atoms with Crippen molar-refractivity contribution >= 4 is 0 Å². The van der Waals surface area contributed by atoms with E-state index in [-0.39, 0.29) is 11.2 Å². The van der Waals surface area contributed by atoms with Crippen LogP contribution in [-0.2, 0) is 20.6 Å². The number of hydrogen-bond donors (Lipinski definition) is 0. The lowest BCUT2D eigenvalue weighted by Gasteiger charge is -2.19. The van der Waals surface area contributed by atoms with E-state index in [0.29, 0.717) is 12.5 Å². The Hall–Kier alpha value is -2.14. The maximum Gasteiger partial charge on any atom is 0.330 e. The summed E-state index contributed by atoms with van der Waals surface area (Å²) in [6, 6.07) is 10.1. The van der Waals surface area contributed by atoms with Crippen LogP contribution in [0, 0.1) is 6.92 Å². The Morgan fingerprint density at radius 1 is 1.13 bits per heavy atom. The Balaban J connectivity index is 1.78. The first-order valence-corrected chi connectivity index (χ1v) is 8.01. The summed E-state index contributed by atoms with van der Waals surface area (Å²) in [5, 5.41) is 0. The van der Waals surface area contributed by atoms with E-state index in [1.54, 1.807) is 17.7 Å². The third kappa shape index (κ3) is 3.01. The van der Waals surface area contributed by atoms with Crippen molar-refractivity contribution < 1.29 is 0 Å². The van der Waals surface area contributed by atoms with Gasteiger partial charge in [-0.2, -0.15) is 0 Å². The summed E-state index contributed by atoms with van der Waals surface area (Å²) in [5.41, 5.74) is 3.02. The number of aromatic nitrogens is 2. The van der Waals surface area contributed by atoms with Crippen LogP contribution in [0.5, 0.6) is 0 Å². The molecule has 0 spiro atoms. The molecule has 1 aliphatic heterocycles. The standard InChI is InChI=1S/C18H23N3O2/c1-13-6-4-5-7-16(13)14-8-9-21(11-14)12-15-10-17(22)20(3)18(23)19(15)2/h4-7,10,14H,8-9,11-12H2,1-3H3/t14-/m0/s1. The molecule has 0 amide bonds. The average Bonchev–Trinajstić information content (AvgIpc) is 2.99. The van der Waals surface area contributed by atoms with Gasteiger partial charge in [0.15, 0.2) is 0 Å². The minimum atomic E-state index is -0.262. The maximum absolute atomic E-state index is 12.0. The second-order valence-corrected chi connectivity index (χ2v) is 6.45. The third-order valence-electron chi connectivity index (χ3n) is 4.91. The van der Waals surface area contributed by atoms with Crippen LogP contribution in [-0.4, -0.2) is 27.1 Å². The smallest absolute Gasteiger partial charge is 0.299 e. The highest BCUT2D eigenvalue weighted by Crippen LogP contribution is 2.29. The minimum Gasteiger partial charge on any atom is -0.299 e. The summed E-state index contributed by atoms with van der Waals surface area (Å²) >= 11 is 0. The number of nitrogens with zero attached hydrogens (tertiary/aromatic N) is 3. The molecule has 0 bridgehead atoms. The van der Waals surface area contributed by atoms with Crippen molar-refractivity contribution in [2.45, 2.75) is 25.8 Å². The highest BCUT2D eigenvalue weighted by molar-refractivity contribution is 5.30. The number of likely N-dealkylation sites (tertiary alicyclic amines) is 1. The molecule has 5 heteroatoms. The topological polar surface area (TPSA) is 47.2 Å². The fraction of sp³-hybridized carbons (Fsp3) is 0.444. The first kappa shape index (κ1) is 15.7. The number of rotatable bonds is 3. The van der Waals surface area contributed by atoms with Gasteiger partial charge in [-0.1, -0.05) is 24.3 Å². The molecule has 0 radical (unpaired) electrons. The van der Waals surface area contributed by atoms with Crippen LogP contribution < -0.4 is 11.2 Å². The number of hydrogen-bond acceptors (Lipinski definition) is 3. The van der Waals surface area contributed by atoms with Gasteiger partial charge in [-0.25, -0.2) is 4.79 Å². The van der Waals surface area contributed by atoms with Crippen LogP contribution in [0.25, 0.3) is 0 Å². The molecular formula is C18H23N3O2. The van der Waals surface area contributed by atoms with E-state index >= 15 is 0 Å². The molecule has 2 heterocycles. The largest absolute Gasteiger partial charge is 0.330 e. The highest BCUT2D eigenvalue weighted by atomic mass is 16.2. The van der Waals surface area contributed by atoms with Crippen LogP contribution in [0.1, 0.15) is 29.2 Å². The quantitative estimate of drug-likeness (QED) is 0.860. The van der Waals surface area contributed by atoms with Gasteiger partial charge in [0.1, 0.15) is 0 Å². The van der Waals surface area contributed by atoms with Gasteiger partial charge in [0.25, 0.3) is 5.56 Å². The van der Waals surface area contributed by atoms with Crippen molar-refractivity contribution in [1.29, 1.82) is 0 Å². The predicted molar refractivity (Wildman–Crippen MR) is 90.7 cm³/mol.